The Morgan fingerprint density at radius 1 is 0.433 bits per heavy atom. The average Bonchev–Trinajstić information content (AvgIpc) is 2.68. The van der Waals surface area contributed by atoms with Crippen molar-refractivity contribution >= 4 is 10.1 Å². The summed E-state index contributed by atoms with van der Waals surface area (Å²) in [6.07, 6.45) is 28.1. The third-order valence-corrected chi connectivity index (χ3v) is 6.27. The first-order valence-electron chi connectivity index (χ1n) is 12.9. The van der Waals surface area contributed by atoms with Crippen LogP contribution in [-0.4, -0.2) is 18.7 Å². The zero-order valence-electron chi connectivity index (χ0n) is 20.6. The zero-order valence-corrected chi connectivity index (χ0v) is 21.5. The van der Waals surface area contributed by atoms with E-state index in [-0.39, 0.29) is 10.5 Å². The summed E-state index contributed by atoms with van der Waals surface area (Å²) >= 11 is 0. The molecule has 0 rings (SSSR count). The smallest absolute Gasteiger partial charge is 0.264 e. The Morgan fingerprint density at radius 2 is 0.633 bits per heavy atom. The summed E-state index contributed by atoms with van der Waals surface area (Å²) in [5, 5.41) is 0. The van der Waals surface area contributed by atoms with Crippen molar-refractivity contribution in [3.63, 3.8) is 0 Å². The van der Waals surface area contributed by atoms with Crippen LogP contribution in [-0.2, 0) is 10.1 Å². The molecule has 186 valence electrons. The minimum absolute atomic E-state index is 0. The third kappa shape index (κ3) is 38.4. The molecule has 0 amide bonds. The molecule has 0 unspecified atom stereocenters. The third-order valence-electron chi connectivity index (χ3n) is 5.46. The molecule has 0 aromatic heterocycles. The Labute approximate surface area is 189 Å². The minimum Gasteiger partial charge on any atom is -0.286 e. The standard InChI is InChI=1S/C17H36.C8H18O3S.FH/c1-3-5-7-9-11-13-15-17-16-14-12-10-8-6-4-2;1-2-3-4-5-6-7-8-12(9,10)11;/h3-17H2,1-2H3;2-8H2,1H3,(H,9,10,11);1H. The van der Waals surface area contributed by atoms with Crippen LogP contribution in [0.5, 0.6) is 0 Å². The fourth-order valence-electron chi connectivity index (χ4n) is 3.51. The van der Waals surface area contributed by atoms with E-state index in [1.165, 1.54) is 116 Å². The van der Waals surface area contributed by atoms with Crippen LogP contribution in [0.4, 0.5) is 4.70 Å². The molecule has 0 aliphatic carbocycles. The molecule has 0 aliphatic heterocycles. The van der Waals surface area contributed by atoms with Gasteiger partial charge in [0, 0.05) is 0 Å². The van der Waals surface area contributed by atoms with E-state index in [2.05, 4.69) is 20.8 Å². The van der Waals surface area contributed by atoms with Gasteiger partial charge in [-0.1, -0.05) is 149 Å². The number of hydrogen-bond donors (Lipinski definition) is 1. The topological polar surface area (TPSA) is 54.4 Å². The van der Waals surface area contributed by atoms with Crippen LogP contribution in [0.15, 0.2) is 0 Å². The van der Waals surface area contributed by atoms with Gasteiger partial charge in [0.25, 0.3) is 10.1 Å². The van der Waals surface area contributed by atoms with Crippen LogP contribution in [0.3, 0.4) is 0 Å². The van der Waals surface area contributed by atoms with E-state index < -0.39 is 10.1 Å². The highest BCUT2D eigenvalue weighted by atomic mass is 32.2. The van der Waals surface area contributed by atoms with Crippen LogP contribution in [0.25, 0.3) is 0 Å². The van der Waals surface area contributed by atoms with Crippen molar-refractivity contribution in [3.05, 3.63) is 0 Å². The molecule has 0 aliphatic rings. The van der Waals surface area contributed by atoms with Crippen LogP contribution < -0.4 is 0 Å². The van der Waals surface area contributed by atoms with E-state index in [1.54, 1.807) is 0 Å². The molecular weight excluding hydrogens is 399 g/mol. The first-order valence-corrected chi connectivity index (χ1v) is 14.5. The number of unbranched alkanes of at least 4 members (excludes halogenated alkanes) is 19. The molecule has 5 heteroatoms. The Bertz CT molecular complexity index is 372. The van der Waals surface area contributed by atoms with Gasteiger partial charge in [-0.05, 0) is 6.42 Å². The summed E-state index contributed by atoms with van der Waals surface area (Å²) in [6.45, 7) is 6.72. The molecule has 3 nitrogen and oxygen atoms in total. The molecule has 0 radical (unpaired) electrons. The van der Waals surface area contributed by atoms with Gasteiger partial charge < -0.3 is 0 Å². The molecule has 0 spiro atoms. The summed E-state index contributed by atoms with van der Waals surface area (Å²) in [7, 11) is -3.72. The summed E-state index contributed by atoms with van der Waals surface area (Å²) in [5.74, 6) is -0.0842. The van der Waals surface area contributed by atoms with Crippen LogP contribution in [0.1, 0.15) is 156 Å². The fraction of sp³-hybridized carbons (Fsp3) is 1.00. The lowest BCUT2D eigenvalue weighted by Crippen LogP contribution is -2.03. The average molecular weight is 455 g/mol. The SMILES string of the molecule is CCCCCCCCCCCCCCCCC.CCCCCCCCS(=O)(=O)O.F. The largest absolute Gasteiger partial charge is 0.286 e. The van der Waals surface area contributed by atoms with Crippen LogP contribution in [0, 0.1) is 0 Å². The van der Waals surface area contributed by atoms with E-state index in [0.29, 0.717) is 6.42 Å². The summed E-state index contributed by atoms with van der Waals surface area (Å²) in [6, 6.07) is 0. The summed E-state index contributed by atoms with van der Waals surface area (Å²) < 4.78 is 28.9. The zero-order chi connectivity index (χ0) is 22.1. The molecule has 0 atom stereocenters. The van der Waals surface area contributed by atoms with Crippen molar-refractivity contribution < 1.29 is 17.7 Å². The van der Waals surface area contributed by atoms with Gasteiger partial charge in [0.15, 0.2) is 0 Å². The molecule has 0 aromatic carbocycles. The Morgan fingerprint density at radius 3 is 0.833 bits per heavy atom. The molecule has 0 saturated carbocycles. The Balaban J connectivity index is -0.000000497. The number of rotatable bonds is 21. The van der Waals surface area contributed by atoms with Gasteiger partial charge in [0.1, 0.15) is 0 Å². The van der Waals surface area contributed by atoms with E-state index in [1.807, 2.05) is 0 Å². The van der Waals surface area contributed by atoms with Gasteiger partial charge >= 0.3 is 0 Å². The van der Waals surface area contributed by atoms with Gasteiger partial charge in [0.05, 0.1) is 5.75 Å². The van der Waals surface area contributed by atoms with Crippen molar-refractivity contribution in [1.29, 1.82) is 0 Å². The monoisotopic (exact) mass is 454 g/mol. The lowest BCUT2D eigenvalue weighted by molar-refractivity contribution is 0.478. The Hall–Kier alpha value is -0.160. The molecule has 0 fully saturated rings. The van der Waals surface area contributed by atoms with Crippen molar-refractivity contribution in [2.24, 2.45) is 0 Å². The molecule has 0 aromatic rings. The maximum atomic E-state index is 10.3. The number of halogens is 1. The second-order valence-electron chi connectivity index (χ2n) is 8.65. The van der Waals surface area contributed by atoms with Gasteiger partial charge in [-0.2, -0.15) is 8.42 Å². The van der Waals surface area contributed by atoms with Gasteiger partial charge in [0.2, 0.25) is 0 Å². The Kier molecular flexibility index (Phi) is 33.1. The molecular formula is C25H55FO3S. The normalized spacial score (nSPS) is 10.9. The highest BCUT2D eigenvalue weighted by Gasteiger charge is 2.02. The predicted octanol–water partition coefficient (Wildman–Crippen LogP) is 9.26. The molecule has 0 heterocycles. The quantitative estimate of drug-likeness (QED) is 0.139. The molecule has 30 heavy (non-hydrogen) atoms. The van der Waals surface area contributed by atoms with Crippen LogP contribution >= 0.6 is 0 Å². The molecule has 0 bridgehead atoms. The van der Waals surface area contributed by atoms with E-state index in [0.717, 1.165) is 12.8 Å². The lowest BCUT2D eigenvalue weighted by atomic mass is 10.0. The van der Waals surface area contributed by atoms with Crippen molar-refractivity contribution in [2.75, 3.05) is 5.75 Å². The van der Waals surface area contributed by atoms with E-state index >= 15 is 0 Å². The van der Waals surface area contributed by atoms with Gasteiger partial charge in [-0.3, -0.25) is 9.26 Å². The highest BCUT2D eigenvalue weighted by Crippen LogP contribution is 2.13. The second kappa shape index (κ2) is 28.8. The lowest BCUT2D eigenvalue weighted by Gasteiger charge is -2.02. The minimum atomic E-state index is -3.72. The van der Waals surface area contributed by atoms with E-state index in [4.69, 9.17) is 4.55 Å². The van der Waals surface area contributed by atoms with Gasteiger partial charge in [-0.25, -0.2) is 0 Å². The summed E-state index contributed by atoms with van der Waals surface area (Å²) in [4.78, 5) is 0. The fourth-order valence-corrected chi connectivity index (χ4v) is 4.08. The predicted molar refractivity (Wildman–Crippen MR) is 133 cm³/mol. The van der Waals surface area contributed by atoms with Crippen molar-refractivity contribution in [2.45, 2.75) is 156 Å². The first kappa shape index (κ1) is 34.5. The van der Waals surface area contributed by atoms with Crippen molar-refractivity contribution in [1.82, 2.24) is 0 Å². The molecule has 1 N–H and O–H groups in total. The van der Waals surface area contributed by atoms with Crippen LogP contribution in [0.2, 0.25) is 0 Å². The first-order chi connectivity index (χ1) is 14.0. The highest BCUT2D eigenvalue weighted by molar-refractivity contribution is 7.85. The van der Waals surface area contributed by atoms with Crippen molar-refractivity contribution in [3.8, 4) is 0 Å². The second-order valence-corrected chi connectivity index (χ2v) is 10.2. The maximum absolute atomic E-state index is 10.3. The summed E-state index contributed by atoms with van der Waals surface area (Å²) in [5.41, 5.74) is 0. The van der Waals surface area contributed by atoms with Gasteiger partial charge in [-0.15, -0.1) is 0 Å². The number of hydrogen-bond acceptors (Lipinski definition) is 2. The maximum Gasteiger partial charge on any atom is 0.264 e. The van der Waals surface area contributed by atoms with E-state index in [9.17, 15) is 8.42 Å². The molecule has 0 saturated heterocycles.